The third kappa shape index (κ3) is 3.78. The second-order valence-electron chi connectivity index (χ2n) is 6.16. The van der Waals surface area contributed by atoms with Gasteiger partial charge in [-0.1, -0.05) is 36.4 Å². The topological polar surface area (TPSA) is 38.3 Å². The number of carbonyl (C=O) groups excluding carboxylic acids is 1. The largest absolute Gasteiger partial charge is 0.488 e. The lowest BCUT2D eigenvalue weighted by Crippen LogP contribution is -2.03. The Morgan fingerprint density at radius 1 is 1.04 bits per heavy atom. The number of fused-ring (bicyclic) bond motifs is 1. The molecule has 0 aliphatic carbocycles. The summed E-state index contributed by atoms with van der Waals surface area (Å²) in [5.41, 5.74) is 4.13. The van der Waals surface area contributed by atoms with Crippen molar-refractivity contribution in [2.45, 2.75) is 6.61 Å². The molecule has 0 aromatic heterocycles. The first kappa shape index (κ1) is 17.5. The van der Waals surface area contributed by atoms with E-state index >= 15 is 0 Å². The fraction of sp³-hybridized carbons (Fsp3) is 0.0455. The maximum absolute atomic E-state index is 13.0. The van der Waals surface area contributed by atoms with Crippen molar-refractivity contribution in [1.29, 1.82) is 0 Å². The normalized spacial score (nSPS) is 14.1. The number of benzene rings is 3. The smallest absolute Gasteiger partial charge is 0.256 e. The fourth-order valence-electron chi connectivity index (χ4n) is 2.91. The Kier molecular flexibility index (Phi) is 4.77. The lowest BCUT2D eigenvalue weighted by atomic mass is 10.0. The molecule has 0 spiro atoms. The molecule has 134 valence electrons. The second kappa shape index (κ2) is 7.37. The van der Waals surface area contributed by atoms with Crippen LogP contribution in [0.15, 0.2) is 71.2 Å². The number of rotatable bonds is 4. The van der Waals surface area contributed by atoms with Gasteiger partial charge in [-0.25, -0.2) is 4.39 Å². The van der Waals surface area contributed by atoms with Crippen LogP contribution >= 0.6 is 15.9 Å². The third-order valence-electron chi connectivity index (χ3n) is 4.28. The lowest BCUT2D eigenvalue weighted by molar-refractivity contribution is -0.110. The minimum atomic E-state index is -0.269. The van der Waals surface area contributed by atoms with Crippen LogP contribution in [0, 0.1) is 5.82 Å². The molecule has 0 saturated carbocycles. The van der Waals surface area contributed by atoms with Gasteiger partial charge in [-0.05, 0) is 63.5 Å². The van der Waals surface area contributed by atoms with Gasteiger partial charge in [0.25, 0.3) is 5.91 Å². The monoisotopic (exact) mass is 423 g/mol. The van der Waals surface area contributed by atoms with Crippen molar-refractivity contribution in [3.63, 3.8) is 0 Å². The molecule has 1 heterocycles. The molecule has 0 fully saturated rings. The molecular formula is C22H15BrFNO2. The van der Waals surface area contributed by atoms with Crippen LogP contribution in [0.25, 0.3) is 11.6 Å². The summed E-state index contributed by atoms with van der Waals surface area (Å²) in [6.07, 6.45) is 1.86. The van der Waals surface area contributed by atoms with Gasteiger partial charge >= 0.3 is 0 Å². The van der Waals surface area contributed by atoms with Crippen molar-refractivity contribution in [3.8, 4) is 5.75 Å². The zero-order valence-corrected chi connectivity index (χ0v) is 15.8. The Morgan fingerprint density at radius 3 is 2.59 bits per heavy atom. The van der Waals surface area contributed by atoms with Crippen LogP contribution in [0.3, 0.4) is 0 Å². The van der Waals surface area contributed by atoms with E-state index in [0.29, 0.717) is 17.9 Å². The zero-order chi connectivity index (χ0) is 18.8. The highest BCUT2D eigenvalue weighted by Gasteiger charge is 2.23. The number of nitrogens with one attached hydrogen (secondary N) is 1. The number of amides is 1. The van der Waals surface area contributed by atoms with Gasteiger partial charge in [0.2, 0.25) is 0 Å². The highest BCUT2D eigenvalue weighted by atomic mass is 79.9. The van der Waals surface area contributed by atoms with Gasteiger partial charge in [0, 0.05) is 16.8 Å². The Hall–Kier alpha value is -2.92. The summed E-state index contributed by atoms with van der Waals surface area (Å²) in [5, 5.41) is 2.87. The standard InChI is InChI=1S/C22H15BrFNO2/c23-19-12-15(11-18-17-3-1-2-4-20(17)25-22(18)26)7-10-21(19)27-13-14-5-8-16(24)9-6-14/h1-12H,13H2,(H,25,26)/b18-11+. The summed E-state index contributed by atoms with van der Waals surface area (Å²) in [5.74, 6) is 0.302. The van der Waals surface area contributed by atoms with Crippen LogP contribution in [0.4, 0.5) is 10.1 Å². The van der Waals surface area contributed by atoms with E-state index in [9.17, 15) is 9.18 Å². The van der Waals surface area contributed by atoms with Gasteiger partial charge in [-0.15, -0.1) is 0 Å². The zero-order valence-electron chi connectivity index (χ0n) is 14.2. The molecule has 0 radical (unpaired) electrons. The van der Waals surface area contributed by atoms with Crippen molar-refractivity contribution in [1.82, 2.24) is 0 Å². The van der Waals surface area contributed by atoms with Crippen molar-refractivity contribution in [3.05, 3.63) is 93.7 Å². The first-order valence-corrected chi connectivity index (χ1v) is 9.19. The van der Waals surface area contributed by atoms with Crippen molar-refractivity contribution in [2.24, 2.45) is 0 Å². The summed E-state index contributed by atoms with van der Waals surface area (Å²) < 4.78 is 19.5. The highest BCUT2D eigenvalue weighted by molar-refractivity contribution is 9.10. The predicted molar refractivity (Wildman–Crippen MR) is 108 cm³/mol. The quantitative estimate of drug-likeness (QED) is 0.549. The number of para-hydroxylation sites is 1. The molecule has 0 atom stereocenters. The number of hydrogen-bond acceptors (Lipinski definition) is 2. The van der Waals surface area contributed by atoms with E-state index in [1.54, 1.807) is 12.1 Å². The van der Waals surface area contributed by atoms with Crippen molar-refractivity contribution in [2.75, 3.05) is 5.32 Å². The average Bonchev–Trinajstić information content (AvgIpc) is 2.98. The lowest BCUT2D eigenvalue weighted by Gasteiger charge is -2.09. The minimum absolute atomic E-state index is 0.107. The second-order valence-corrected chi connectivity index (χ2v) is 7.02. The first-order chi connectivity index (χ1) is 13.1. The van der Waals surface area contributed by atoms with E-state index in [1.165, 1.54) is 12.1 Å². The number of carbonyl (C=O) groups is 1. The van der Waals surface area contributed by atoms with Crippen LogP contribution in [-0.4, -0.2) is 5.91 Å². The van der Waals surface area contributed by atoms with Crippen LogP contribution in [0.5, 0.6) is 5.75 Å². The van der Waals surface area contributed by atoms with Gasteiger partial charge in [0.15, 0.2) is 0 Å². The molecule has 1 aliphatic rings. The summed E-state index contributed by atoms with van der Waals surface area (Å²) in [7, 11) is 0. The van der Waals surface area contributed by atoms with Gasteiger partial charge < -0.3 is 10.1 Å². The van der Waals surface area contributed by atoms with Gasteiger partial charge in [-0.2, -0.15) is 0 Å². The van der Waals surface area contributed by atoms with E-state index in [2.05, 4.69) is 21.2 Å². The summed E-state index contributed by atoms with van der Waals surface area (Å²) in [6, 6.07) is 19.5. The Bertz CT molecular complexity index is 1040. The Labute approximate surface area is 164 Å². The molecule has 3 nitrogen and oxygen atoms in total. The van der Waals surface area contributed by atoms with E-state index in [-0.39, 0.29) is 11.7 Å². The molecule has 1 amide bonds. The van der Waals surface area contributed by atoms with E-state index in [1.807, 2.05) is 48.5 Å². The number of ether oxygens (including phenoxy) is 1. The summed E-state index contributed by atoms with van der Waals surface area (Å²) in [6.45, 7) is 0.342. The molecule has 3 aromatic carbocycles. The molecule has 4 rings (SSSR count). The SMILES string of the molecule is O=C1Nc2ccccc2/C1=C\c1ccc(OCc2ccc(F)cc2)c(Br)c1. The van der Waals surface area contributed by atoms with Crippen LogP contribution < -0.4 is 10.1 Å². The fourth-order valence-corrected chi connectivity index (χ4v) is 3.43. The maximum Gasteiger partial charge on any atom is 0.256 e. The molecule has 27 heavy (non-hydrogen) atoms. The number of halogens is 2. The molecular weight excluding hydrogens is 409 g/mol. The molecule has 5 heteroatoms. The summed E-state index contributed by atoms with van der Waals surface area (Å²) >= 11 is 3.51. The van der Waals surface area contributed by atoms with Crippen LogP contribution in [0.2, 0.25) is 0 Å². The van der Waals surface area contributed by atoms with Crippen molar-refractivity contribution >= 4 is 39.2 Å². The van der Waals surface area contributed by atoms with Gasteiger partial charge in [-0.3, -0.25) is 4.79 Å². The average molecular weight is 424 g/mol. The molecule has 0 unspecified atom stereocenters. The molecule has 1 N–H and O–H groups in total. The van der Waals surface area contributed by atoms with E-state index in [0.717, 1.165) is 26.9 Å². The van der Waals surface area contributed by atoms with Crippen molar-refractivity contribution < 1.29 is 13.9 Å². The predicted octanol–water partition coefficient (Wildman–Crippen LogP) is 5.66. The summed E-state index contributed by atoms with van der Waals surface area (Å²) in [4.78, 5) is 12.2. The first-order valence-electron chi connectivity index (χ1n) is 8.39. The Morgan fingerprint density at radius 2 is 1.81 bits per heavy atom. The molecule has 1 aliphatic heterocycles. The van der Waals surface area contributed by atoms with Crippen LogP contribution in [0.1, 0.15) is 16.7 Å². The third-order valence-corrected chi connectivity index (χ3v) is 4.90. The van der Waals surface area contributed by atoms with Crippen LogP contribution in [-0.2, 0) is 11.4 Å². The van der Waals surface area contributed by atoms with Gasteiger partial charge in [0.05, 0.1) is 4.47 Å². The van der Waals surface area contributed by atoms with E-state index < -0.39 is 0 Å². The molecule has 0 saturated heterocycles. The molecule has 3 aromatic rings. The minimum Gasteiger partial charge on any atom is -0.488 e. The Balaban J connectivity index is 1.53. The van der Waals surface area contributed by atoms with E-state index in [4.69, 9.17) is 4.74 Å². The number of hydrogen-bond donors (Lipinski definition) is 1. The highest BCUT2D eigenvalue weighted by Crippen LogP contribution is 2.34. The molecule has 0 bridgehead atoms. The van der Waals surface area contributed by atoms with Gasteiger partial charge in [0.1, 0.15) is 18.2 Å². The number of anilines is 1. The maximum atomic E-state index is 13.0.